The van der Waals surface area contributed by atoms with E-state index in [1.54, 1.807) is 0 Å². The number of nitrogens with zero attached hydrogens (tertiary/aromatic N) is 2. The lowest BCUT2D eigenvalue weighted by atomic mass is 10.1. The molecule has 1 saturated carbocycles. The second-order valence-corrected chi connectivity index (χ2v) is 5.46. The van der Waals surface area contributed by atoms with Crippen molar-refractivity contribution in [1.82, 2.24) is 9.97 Å². The lowest BCUT2D eigenvalue weighted by molar-refractivity contribution is 0.920. The number of para-hydroxylation sites is 1. The van der Waals surface area contributed by atoms with Gasteiger partial charge in [-0.05, 0) is 37.8 Å². The first-order chi connectivity index (χ1) is 10.2. The summed E-state index contributed by atoms with van der Waals surface area (Å²) in [7, 11) is 0. The predicted molar refractivity (Wildman–Crippen MR) is 85.7 cm³/mol. The molecule has 1 aromatic carbocycles. The van der Waals surface area contributed by atoms with Crippen molar-refractivity contribution in [2.45, 2.75) is 39.0 Å². The van der Waals surface area contributed by atoms with Crippen molar-refractivity contribution in [2.75, 3.05) is 10.7 Å². The zero-order valence-electron chi connectivity index (χ0n) is 12.5. The van der Waals surface area contributed by atoms with Crippen LogP contribution in [0.1, 0.15) is 42.6 Å². The van der Waals surface area contributed by atoms with E-state index in [1.807, 2.05) is 13.0 Å². The molecule has 0 saturated heterocycles. The van der Waals surface area contributed by atoms with Gasteiger partial charge in [-0.15, -0.1) is 0 Å². The van der Waals surface area contributed by atoms with E-state index in [0.717, 1.165) is 42.2 Å². The summed E-state index contributed by atoms with van der Waals surface area (Å²) < 4.78 is 0. The largest absolute Gasteiger partial charge is 0.340 e. The Kier molecular flexibility index (Phi) is 3.75. The second kappa shape index (κ2) is 5.69. The molecule has 5 nitrogen and oxygen atoms in total. The molecule has 0 bridgehead atoms. The van der Waals surface area contributed by atoms with Crippen LogP contribution in [0.15, 0.2) is 24.3 Å². The molecule has 1 aliphatic carbocycles. The molecule has 1 aromatic heterocycles. The predicted octanol–water partition coefficient (Wildman–Crippen LogP) is 3.25. The molecule has 2 aromatic rings. The number of nitrogens with one attached hydrogen (secondary N) is 2. The van der Waals surface area contributed by atoms with Crippen LogP contribution in [-0.2, 0) is 6.42 Å². The third-order valence-electron chi connectivity index (χ3n) is 3.89. The molecule has 4 N–H and O–H groups in total. The molecule has 3 rings (SSSR count). The molecular formula is C16H21N5. The Morgan fingerprint density at radius 3 is 2.57 bits per heavy atom. The highest BCUT2D eigenvalue weighted by atomic mass is 15.3. The lowest BCUT2D eigenvalue weighted by Gasteiger charge is -2.15. The fourth-order valence-corrected chi connectivity index (χ4v) is 2.40. The van der Waals surface area contributed by atoms with Gasteiger partial charge in [0, 0.05) is 17.2 Å². The van der Waals surface area contributed by atoms with Crippen LogP contribution >= 0.6 is 0 Å². The van der Waals surface area contributed by atoms with Crippen LogP contribution in [0.25, 0.3) is 0 Å². The van der Waals surface area contributed by atoms with E-state index in [9.17, 15) is 0 Å². The molecule has 1 fully saturated rings. The van der Waals surface area contributed by atoms with Crippen LogP contribution in [0.4, 0.5) is 17.3 Å². The third-order valence-corrected chi connectivity index (χ3v) is 3.89. The average molecular weight is 283 g/mol. The molecule has 0 amide bonds. The maximum atomic E-state index is 5.59. The van der Waals surface area contributed by atoms with Crippen LogP contribution in [0.5, 0.6) is 0 Å². The van der Waals surface area contributed by atoms with Gasteiger partial charge in [0.2, 0.25) is 0 Å². The SMILES string of the molecule is CCc1ccccc1Nc1nc(C2CC2)nc(NN)c1C. The lowest BCUT2D eigenvalue weighted by Crippen LogP contribution is -2.14. The molecule has 0 unspecified atom stereocenters. The highest BCUT2D eigenvalue weighted by Crippen LogP contribution is 2.39. The summed E-state index contributed by atoms with van der Waals surface area (Å²) in [6, 6.07) is 8.29. The van der Waals surface area contributed by atoms with Crippen molar-refractivity contribution >= 4 is 17.3 Å². The number of anilines is 3. The minimum atomic E-state index is 0.486. The van der Waals surface area contributed by atoms with Crippen LogP contribution in [0, 0.1) is 6.92 Å². The van der Waals surface area contributed by atoms with E-state index in [0.29, 0.717) is 11.7 Å². The van der Waals surface area contributed by atoms with E-state index in [4.69, 9.17) is 10.8 Å². The van der Waals surface area contributed by atoms with E-state index in [1.165, 1.54) is 5.56 Å². The molecule has 21 heavy (non-hydrogen) atoms. The van der Waals surface area contributed by atoms with Gasteiger partial charge in [-0.25, -0.2) is 15.8 Å². The zero-order chi connectivity index (χ0) is 14.8. The van der Waals surface area contributed by atoms with Crippen molar-refractivity contribution in [2.24, 2.45) is 5.84 Å². The Morgan fingerprint density at radius 2 is 1.90 bits per heavy atom. The Hall–Kier alpha value is -2.14. The fourth-order valence-electron chi connectivity index (χ4n) is 2.40. The summed E-state index contributed by atoms with van der Waals surface area (Å²) >= 11 is 0. The summed E-state index contributed by atoms with van der Waals surface area (Å²) in [6.45, 7) is 4.12. The van der Waals surface area contributed by atoms with Crippen LogP contribution in [0.3, 0.4) is 0 Å². The van der Waals surface area contributed by atoms with Gasteiger partial charge in [-0.2, -0.15) is 0 Å². The van der Waals surface area contributed by atoms with Crippen LogP contribution < -0.4 is 16.6 Å². The van der Waals surface area contributed by atoms with Gasteiger partial charge in [-0.1, -0.05) is 25.1 Å². The van der Waals surface area contributed by atoms with Crippen molar-refractivity contribution in [3.8, 4) is 0 Å². The first-order valence-corrected chi connectivity index (χ1v) is 7.43. The Bertz CT molecular complexity index is 649. The fraction of sp³-hybridized carbons (Fsp3) is 0.375. The van der Waals surface area contributed by atoms with E-state index in [-0.39, 0.29) is 0 Å². The number of aryl methyl sites for hydroxylation is 1. The number of hydrogen-bond donors (Lipinski definition) is 3. The molecule has 1 aliphatic rings. The number of hydrazine groups is 1. The van der Waals surface area contributed by atoms with Crippen molar-refractivity contribution in [3.05, 3.63) is 41.2 Å². The van der Waals surface area contributed by atoms with Crippen molar-refractivity contribution in [1.29, 1.82) is 0 Å². The second-order valence-electron chi connectivity index (χ2n) is 5.46. The molecule has 0 aliphatic heterocycles. The molecule has 0 spiro atoms. The Morgan fingerprint density at radius 1 is 1.19 bits per heavy atom. The summed E-state index contributed by atoms with van der Waals surface area (Å²) in [5.41, 5.74) is 5.98. The highest BCUT2D eigenvalue weighted by Gasteiger charge is 2.28. The zero-order valence-corrected chi connectivity index (χ0v) is 12.5. The first kappa shape index (κ1) is 13.8. The van der Waals surface area contributed by atoms with Gasteiger partial charge >= 0.3 is 0 Å². The van der Waals surface area contributed by atoms with Crippen LogP contribution in [0.2, 0.25) is 0 Å². The van der Waals surface area contributed by atoms with E-state index >= 15 is 0 Å². The maximum absolute atomic E-state index is 5.59. The highest BCUT2D eigenvalue weighted by molar-refractivity contribution is 5.67. The van der Waals surface area contributed by atoms with Gasteiger partial charge < -0.3 is 10.7 Å². The standard InChI is InChI=1S/C16H21N5/c1-3-11-6-4-5-7-13(11)18-14-10(2)15(21-17)20-16(19-14)12-8-9-12/h4-7,12H,3,8-9,17H2,1-2H3,(H2,18,19,20,21). The van der Waals surface area contributed by atoms with E-state index in [2.05, 4.69) is 40.8 Å². The summed E-state index contributed by atoms with van der Waals surface area (Å²) in [5, 5.41) is 3.44. The molecular weight excluding hydrogens is 262 g/mol. The quantitative estimate of drug-likeness (QED) is 0.580. The number of aromatic nitrogens is 2. The van der Waals surface area contributed by atoms with Gasteiger partial charge in [0.25, 0.3) is 0 Å². The molecule has 0 atom stereocenters. The average Bonchev–Trinajstić information content (AvgIpc) is 3.34. The number of nitrogens with two attached hydrogens (primary N) is 1. The number of rotatable bonds is 5. The number of hydrogen-bond acceptors (Lipinski definition) is 5. The van der Waals surface area contributed by atoms with Gasteiger partial charge in [0.1, 0.15) is 17.5 Å². The Balaban J connectivity index is 1.99. The number of benzene rings is 1. The molecule has 5 heteroatoms. The molecule has 110 valence electrons. The summed E-state index contributed by atoms with van der Waals surface area (Å²) in [6.07, 6.45) is 3.31. The topological polar surface area (TPSA) is 75.9 Å². The maximum Gasteiger partial charge on any atom is 0.148 e. The number of nitrogen functional groups attached to an aromatic ring is 1. The smallest absolute Gasteiger partial charge is 0.148 e. The normalized spacial score (nSPS) is 14.0. The van der Waals surface area contributed by atoms with E-state index < -0.39 is 0 Å². The minimum Gasteiger partial charge on any atom is -0.340 e. The molecule has 0 radical (unpaired) electrons. The monoisotopic (exact) mass is 283 g/mol. The van der Waals surface area contributed by atoms with Gasteiger partial charge in [0.15, 0.2) is 0 Å². The summed E-state index contributed by atoms with van der Waals surface area (Å²) in [4.78, 5) is 9.21. The van der Waals surface area contributed by atoms with Crippen molar-refractivity contribution in [3.63, 3.8) is 0 Å². The molecule has 1 heterocycles. The van der Waals surface area contributed by atoms with Crippen molar-refractivity contribution < 1.29 is 0 Å². The first-order valence-electron chi connectivity index (χ1n) is 7.43. The Labute approximate surface area is 125 Å². The van der Waals surface area contributed by atoms with Crippen LogP contribution in [-0.4, -0.2) is 9.97 Å². The van der Waals surface area contributed by atoms with Gasteiger partial charge in [0.05, 0.1) is 0 Å². The summed E-state index contributed by atoms with van der Waals surface area (Å²) in [5.74, 6) is 8.49. The van der Waals surface area contributed by atoms with Gasteiger partial charge in [-0.3, -0.25) is 0 Å². The third kappa shape index (κ3) is 2.83. The minimum absolute atomic E-state index is 0.486.